The van der Waals surface area contributed by atoms with Crippen LogP contribution >= 0.6 is 11.6 Å². The largest absolute Gasteiger partial charge is 0.508 e. The summed E-state index contributed by atoms with van der Waals surface area (Å²) in [6.45, 7) is 1.64. The van der Waals surface area contributed by atoms with Crippen molar-refractivity contribution in [2.24, 2.45) is 0 Å². The quantitative estimate of drug-likeness (QED) is 0.712. The van der Waals surface area contributed by atoms with Crippen LogP contribution in [0.25, 0.3) is 11.4 Å². The van der Waals surface area contributed by atoms with Crippen LogP contribution in [0.3, 0.4) is 0 Å². The molecule has 1 atom stereocenters. The van der Waals surface area contributed by atoms with Gasteiger partial charge in [-0.15, -0.1) is 0 Å². The maximum Gasteiger partial charge on any atom is 0.265 e. The average Bonchev–Trinajstić information content (AvgIpc) is 2.62. The van der Waals surface area contributed by atoms with Gasteiger partial charge >= 0.3 is 0 Å². The predicted molar refractivity (Wildman–Crippen MR) is 99.3 cm³/mol. The smallest absolute Gasteiger partial charge is 0.265 e. The maximum atomic E-state index is 12.2. The van der Waals surface area contributed by atoms with Gasteiger partial charge in [0.25, 0.3) is 5.91 Å². The number of carbonyl (C=O) groups excluding carboxylic acids is 1. The van der Waals surface area contributed by atoms with Gasteiger partial charge in [-0.25, -0.2) is 9.97 Å². The zero-order valence-corrected chi connectivity index (χ0v) is 14.6. The molecule has 1 aromatic heterocycles. The number of aromatic hydroxyl groups is 1. The number of hydrogen-bond donors (Lipinski definition) is 2. The summed E-state index contributed by atoms with van der Waals surface area (Å²) in [6, 6.07) is 13.5. The summed E-state index contributed by atoms with van der Waals surface area (Å²) in [5.74, 6) is 0.756. The normalized spacial score (nSPS) is 11.6. The van der Waals surface area contributed by atoms with Gasteiger partial charge in [-0.2, -0.15) is 0 Å². The number of anilines is 1. The fourth-order valence-electron chi connectivity index (χ4n) is 2.23. The Morgan fingerprint density at radius 2 is 1.88 bits per heavy atom. The van der Waals surface area contributed by atoms with Crippen molar-refractivity contribution in [3.8, 4) is 22.9 Å². The molecule has 1 heterocycles. The Bertz CT molecular complexity index is 916. The van der Waals surface area contributed by atoms with Crippen LogP contribution in [0.1, 0.15) is 6.92 Å². The molecular weight excluding hydrogens is 354 g/mol. The highest BCUT2D eigenvalue weighted by molar-refractivity contribution is 6.30. The Kier molecular flexibility index (Phi) is 5.34. The van der Waals surface area contributed by atoms with Crippen molar-refractivity contribution in [2.75, 3.05) is 5.32 Å². The van der Waals surface area contributed by atoms with Gasteiger partial charge in [0, 0.05) is 10.6 Å². The summed E-state index contributed by atoms with van der Waals surface area (Å²) in [6.07, 6.45) is 2.27. The summed E-state index contributed by atoms with van der Waals surface area (Å²) in [5.41, 5.74) is 1.13. The lowest BCUT2D eigenvalue weighted by molar-refractivity contribution is -0.122. The van der Waals surface area contributed by atoms with Gasteiger partial charge in [-0.1, -0.05) is 29.8 Å². The Morgan fingerprint density at radius 1 is 1.15 bits per heavy atom. The van der Waals surface area contributed by atoms with E-state index in [2.05, 4.69) is 15.3 Å². The Hall–Kier alpha value is -3.12. The van der Waals surface area contributed by atoms with Gasteiger partial charge in [0.15, 0.2) is 11.9 Å². The molecule has 132 valence electrons. The summed E-state index contributed by atoms with van der Waals surface area (Å²) in [5, 5.41) is 12.7. The van der Waals surface area contributed by atoms with Crippen LogP contribution in [-0.2, 0) is 4.79 Å². The SMILES string of the molecule is CC(Oc1cccc(Cl)c1)C(=O)Nc1cnc(-c2cccc(O)c2)nc1. The zero-order valence-electron chi connectivity index (χ0n) is 13.9. The minimum atomic E-state index is -0.723. The first-order valence-corrected chi connectivity index (χ1v) is 8.23. The number of nitrogens with zero attached hydrogens (tertiary/aromatic N) is 2. The number of ether oxygens (including phenoxy) is 1. The first-order valence-electron chi connectivity index (χ1n) is 7.86. The minimum absolute atomic E-state index is 0.135. The second-order valence-corrected chi connectivity index (χ2v) is 5.99. The molecule has 26 heavy (non-hydrogen) atoms. The van der Waals surface area contributed by atoms with Crippen molar-refractivity contribution in [1.82, 2.24) is 9.97 Å². The second-order valence-electron chi connectivity index (χ2n) is 5.55. The average molecular weight is 370 g/mol. The van der Waals surface area contributed by atoms with E-state index < -0.39 is 6.10 Å². The molecule has 1 unspecified atom stereocenters. The van der Waals surface area contributed by atoms with Gasteiger partial charge in [0.1, 0.15) is 11.5 Å². The molecule has 0 aliphatic rings. The molecule has 0 saturated carbocycles. The predicted octanol–water partition coefficient (Wildman–Crippen LogP) is 3.91. The number of benzene rings is 2. The van der Waals surface area contributed by atoms with E-state index in [0.717, 1.165) is 0 Å². The Balaban J connectivity index is 1.64. The van der Waals surface area contributed by atoms with Crippen molar-refractivity contribution < 1.29 is 14.6 Å². The number of phenolic OH excluding ortho intramolecular Hbond substituents is 1. The standard InChI is InChI=1S/C19H16ClN3O3/c1-12(26-17-7-3-5-14(20)9-17)19(25)23-15-10-21-18(22-11-15)13-4-2-6-16(24)8-13/h2-12,24H,1H3,(H,23,25). The molecule has 2 N–H and O–H groups in total. The van der Waals surface area contributed by atoms with Gasteiger partial charge in [0.2, 0.25) is 0 Å². The number of amides is 1. The lowest BCUT2D eigenvalue weighted by atomic mass is 10.2. The lowest BCUT2D eigenvalue weighted by Crippen LogP contribution is -2.30. The summed E-state index contributed by atoms with van der Waals surface area (Å²) >= 11 is 5.90. The molecule has 3 aromatic rings. The molecule has 0 bridgehead atoms. The number of halogens is 1. The first-order chi connectivity index (χ1) is 12.5. The number of rotatable bonds is 5. The fourth-order valence-corrected chi connectivity index (χ4v) is 2.41. The molecule has 0 saturated heterocycles. The van der Waals surface area contributed by atoms with E-state index in [1.54, 1.807) is 55.5 Å². The highest BCUT2D eigenvalue weighted by Gasteiger charge is 2.15. The van der Waals surface area contributed by atoms with E-state index in [9.17, 15) is 9.90 Å². The van der Waals surface area contributed by atoms with E-state index in [1.165, 1.54) is 12.4 Å². The van der Waals surface area contributed by atoms with Crippen LogP contribution < -0.4 is 10.1 Å². The van der Waals surface area contributed by atoms with E-state index in [1.807, 2.05) is 0 Å². The molecule has 0 aliphatic heterocycles. The van der Waals surface area contributed by atoms with Crippen LogP contribution in [0.2, 0.25) is 5.02 Å². The molecule has 7 heteroatoms. The molecule has 1 amide bonds. The van der Waals surface area contributed by atoms with Crippen LogP contribution in [0.4, 0.5) is 5.69 Å². The van der Waals surface area contributed by atoms with E-state index in [0.29, 0.717) is 27.8 Å². The Labute approximate surface area is 155 Å². The third-order valence-corrected chi connectivity index (χ3v) is 3.74. The molecule has 2 aromatic carbocycles. The summed E-state index contributed by atoms with van der Waals surface area (Å²) in [7, 11) is 0. The van der Waals surface area contributed by atoms with Crippen LogP contribution in [0.5, 0.6) is 11.5 Å². The lowest BCUT2D eigenvalue weighted by Gasteiger charge is -2.14. The summed E-state index contributed by atoms with van der Waals surface area (Å²) in [4.78, 5) is 20.6. The first kappa shape index (κ1) is 17.7. The molecule has 0 fully saturated rings. The monoisotopic (exact) mass is 369 g/mol. The number of hydrogen-bond acceptors (Lipinski definition) is 5. The van der Waals surface area contributed by atoms with Crippen molar-refractivity contribution in [3.05, 3.63) is 65.9 Å². The minimum Gasteiger partial charge on any atom is -0.508 e. The van der Waals surface area contributed by atoms with Crippen molar-refractivity contribution in [3.63, 3.8) is 0 Å². The number of carbonyl (C=O) groups is 1. The van der Waals surface area contributed by atoms with E-state index in [4.69, 9.17) is 16.3 Å². The number of aromatic nitrogens is 2. The molecular formula is C19H16ClN3O3. The third kappa shape index (κ3) is 4.49. The van der Waals surface area contributed by atoms with Gasteiger partial charge < -0.3 is 15.2 Å². The highest BCUT2D eigenvalue weighted by atomic mass is 35.5. The van der Waals surface area contributed by atoms with Crippen molar-refractivity contribution in [1.29, 1.82) is 0 Å². The molecule has 6 nitrogen and oxygen atoms in total. The van der Waals surface area contributed by atoms with Crippen molar-refractivity contribution >= 4 is 23.2 Å². The molecule has 0 aliphatic carbocycles. The summed E-state index contributed by atoms with van der Waals surface area (Å²) < 4.78 is 5.57. The third-order valence-electron chi connectivity index (χ3n) is 3.50. The van der Waals surface area contributed by atoms with Crippen LogP contribution in [0.15, 0.2) is 60.9 Å². The van der Waals surface area contributed by atoms with E-state index >= 15 is 0 Å². The van der Waals surface area contributed by atoms with Gasteiger partial charge in [-0.05, 0) is 37.3 Å². The molecule has 0 spiro atoms. The van der Waals surface area contributed by atoms with E-state index in [-0.39, 0.29) is 11.7 Å². The van der Waals surface area contributed by atoms with Crippen molar-refractivity contribution in [2.45, 2.75) is 13.0 Å². The fraction of sp³-hybridized carbons (Fsp3) is 0.105. The molecule has 3 rings (SSSR count). The highest BCUT2D eigenvalue weighted by Crippen LogP contribution is 2.21. The molecule has 0 radical (unpaired) electrons. The Morgan fingerprint density at radius 3 is 2.58 bits per heavy atom. The number of phenols is 1. The van der Waals surface area contributed by atoms with Gasteiger partial charge in [0.05, 0.1) is 18.1 Å². The second kappa shape index (κ2) is 7.84. The van der Waals surface area contributed by atoms with Crippen LogP contribution in [0, 0.1) is 0 Å². The maximum absolute atomic E-state index is 12.2. The number of nitrogens with one attached hydrogen (secondary N) is 1. The van der Waals surface area contributed by atoms with Gasteiger partial charge in [-0.3, -0.25) is 4.79 Å². The van der Waals surface area contributed by atoms with Crippen LogP contribution in [-0.4, -0.2) is 27.1 Å². The zero-order chi connectivity index (χ0) is 18.5. The topological polar surface area (TPSA) is 84.3 Å².